The minimum Gasteiger partial charge on any atom is -0.368 e. The minimum absolute atomic E-state index is 0.196. The molecule has 0 amide bonds. The van der Waals surface area contributed by atoms with Crippen LogP contribution in [0.2, 0.25) is 0 Å². The van der Waals surface area contributed by atoms with Crippen LogP contribution in [0.3, 0.4) is 0 Å². The highest BCUT2D eigenvalue weighted by Gasteiger charge is 2.26. The SMILES string of the molecule is CCCC(=O)C(C)(C)OCC. The molecule has 0 aliphatic heterocycles. The summed E-state index contributed by atoms with van der Waals surface area (Å²) in [6.45, 7) is 8.16. The van der Waals surface area contributed by atoms with Gasteiger partial charge in [-0.2, -0.15) is 0 Å². The predicted molar refractivity (Wildman–Crippen MR) is 45.6 cm³/mol. The number of ether oxygens (including phenoxy) is 1. The van der Waals surface area contributed by atoms with Gasteiger partial charge in [-0.3, -0.25) is 4.79 Å². The Balaban J connectivity index is 3.94. The van der Waals surface area contributed by atoms with E-state index in [2.05, 4.69) is 0 Å². The molecule has 0 bridgehead atoms. The van der Waals surface area contributed by atoms with Gasteiger partial charge in [0.15, 0.2) is 5.78 Å². The van der Waals surface area contributed by atoms with Crippen molar-refractivity contribution >= 4 is 5.78 Å². The van der Waals surface area contributed by atoms with Gasteiger partial charge >= 0.3 is 0 Å². The molecule has 0 aliphatic rings. The Kier molecular flexibility index (Phi) is 4.34. The molecule has 2 heteroatoms. The molecule has 2 nitrogen and oxygen atoms in total. The zero-order valence-corrected chi connectivity index (χ0v) is 7.94. The molecule has 0 N–H and O–H groups in total. The molecule has 0 heterocycles. The number of carbonyl (C=O) groups is 1. The second kappa shape index (κ2) is 4.50. The molecule has 0 atom stereocenters. The minimum atomic E-state index is -0.579. The maximum atomic E-state index is 11.3. The van der Waals surface area contributed by atoms with Crippen LogP contribution < -0.4 is 0 Å². The summed E-state index contributed by atoms with van der Waals surface area (Å²) in [7, 11) is 0. The molecule has 66 valence electrons. The van der Waals surface area contributed by atoms with E-state index in [1.54, 1.807) is 0 Å². The van der Waals surface area contributed by atoms with Crippen LogP contribution >= 0.6 is 0 Å². The van der Waals surface area contributed by atoms with E-state index < -0.39 is 5.60 Å². The molecule has 0 saturated carbocycles. The van der Waals surface area contributed by atoms with Crippen molar-refractivity contribution in [1.29, 1.82) is 0 Å². The molecule has 0 aromatic rings. The third kappa shape index (κ3) is 3.51. The van der Waals surface area contributed by atoms with Crippen molar-refractivity contribution in [2.24, 2.45) is 0 Å². The number of hydrogen-bond donors (Lipinski definition) is 0. The molecule has 0 aromatic heterocycles. The summed E-state index contributed by atoms with van der Waals surface area (Å²) in [5.41, 5.74) is -0.579. The summed E-state index contributed by atoms with van der Waals surface area (Å²) in [4.78, 5) is 11.3. The summed E-state index contributed by atoms with van der Waals surface area (Å²) in [6.07, 6.45) is 1.52. The number of ketones is 1. The maximum absolute atomic E-state index is 11.3. The lowest BCUT2D eigenvalue weighted by atomic mass is 10.00. The van der Waals surface area contributed by atoms with E-state index in [9.17, 15) is 4.79 Å². The Morgan fingerprint density at radius 1 is 1.36 bits per heavy atom. The standard InChI is InChI=1S/C9H18O2/c1-5-7-8(10)9(3,4)11-6-2/h5-7H2,1-4H3. The topological polar surface area (TPSA) is 26.3 Å². The van der Waals surface area contributed by atoms with E-state index in [4.69, 9.17) is 4.74 Å². The fraction of sp³-hybridized carbons (Fsp3) is 0.889. The molecule has 0 spiro atoms. The van der Waals surface area contributed by atoms with E-state index in [0.717, 1.165) is 6.42 Å². The van der Waals surface area contributed by atoms with Crippen molar-refractivity contribution < 1.29 is 9.53 Å². The fourth-order valence-corrected chi connectivity index (χ4v) is 0.969. The first-order valence-electron chi connectivity index (χ1n) is 4.21. The van der Waals surface area contributed by atoms with E-state index in [0.29, 0.717) is 13.0 Å². The molecule has 11 heavy (non-hydrogen) atoms. The van der Waals surface area contributed by atoms with Crippen molar-refractivity contribution in [2.75, 3.05) is 6.61 Å². The first kappa shape index (κ1) is 10.6. The first-order chi connectivity index (χ1) is 5.04. The highest BCUT2D eigenvalue weighted by atomic mass is 16.5. The number of Topliss-reactive ketones (excluding diaryl/α,β-unsaturated/α-hetero) is 1. The highest BCUT2D eigenvalue weighted by molar-refractivity contribution is 5.86. The number of hydrogen-bond acceptors (Lipinski definition) is 2. The lowest BCUT2D eigenvalue weighted by molar-refractivity contribution is -0.139. The lowest BCUT2D eigenvalue weighted by Crippen LogP contribution is -2.34. The summed E-state index contributed by atoms with van der Waals surface area (Å²) >= 11 is 0. The molecule has 0 saturated heterocycles. The molecular formula is C9H18O2. The predicted octanol–water partition coefficient (Wildman–Crippen LogP) is 2.17. The van der Waals surface area contributed by atoms with Crippen molar-refractivity contribution in [3.8, 4) is 0 Å². The van der Waals surface area contributed by atoms with Gasteiger partial charge in [0.1, 0.15) is 5.60 Å². The van der Waals surface area contributed by atoms with Crippen LogP contribution in [0.15, 0.2) is 0 Å². The average Bonchev–Trinajstić information content (AvgIpc) is 1.88. The van der Waals surface area contributed by atoms with Crippen LogP contribution in [0, 0.1) is 0 Å². The van der Waals surface area contributed by atoms with Crippen molar-refractivity contribution in [3.63, 3.8) is 0 Å². The van der Waals surface area contributed by atoms with Gasteiger partial charge in [-0.25, -0.2) is 0 Å². The summed E-state index contributed by atoms with van der Waals surface area (Å²) in [5.74, 6) is 0.196. The van der Waals surface area contributed by atoms with E-state index in [1.807, 2.05) is 27.7 Å². The monoisotopic (exact) mass is 158 g/mol. The Morgan fingerprint density at radius 3 is 2.27 bits per heavy atom. The Morgan fingerprint density at radius 2 is 1.91 bits per heavy atom. The second-order valence-corrected chi connectivity index (χ2v) is 3.12. The lowest BCUT2D eigenvalue weighted by Gasteiger charge is -2.22. The quantitative estimate of drug-likeness (QED) is 0.613. The second-order valence-electron chi connectivity index (χ2n) is 3.12. The van der Waals surface area contributed by atoms with Crippen LogP contribution in [0.25, 0.3) is 0 Å². The van der Waals surface area contributed by atoms with E-state index in [-0.39, 0.29) is 5.78 Å². The maximum Gasteiger partial charge on any atom is 0.164 e. The van der Waals surface area contributed by atoms with Gasteiger partial charge in [0.25, 0.3) is 0 Å². The highest BCUT2D eigenvalue weighted by Crippen LogP contribution is 2.13. The number of rotatable bonds is 5. The molecule has 0 radical (unpaired) electrons. The van der Waals surface area contributed by atoms with Gasteiger partial charge in [0, 0.05) is 13.0 Å². The molecule has 0 aliphatic carbocycles. The van der Waals surface area contributed by atoms with Gasteiger partial charge in [-0.1, -0.05) is 6.92 Å². The summed E-state index contributed by atoms with van der Waals surface area (Å²) in [5, 5.41) is 0. The average molecular weight is 158 g/mol. The van der Waals surface area contributed by atoms with Gasteiger partial charge in [-0.15, -0.1) is 0 Å². The van der Waals surface area contributed by atoms with Crippen molar-refractivity contribution in [2.45, 2.75) is 46.1 Å². The van der Waals surface area contributed by atoms with Crippen LogP contribution in [0.4, 0.5) is 0 Å². The van der Waals surface area contributed by atoms with Crippen LogP contribution in [0.5, 0.6) is 0 Å². The summed E-state index contributed by atoms with van der Waals surface area (Å²) < 4.78 is 5.29. The van der Waals surface area contributed by atoms with Gasteiger partial charge in [-0.05, 0) is 27.2 Å². The van der Waals surface area contributed by atoms with Gasteiger partial charge < -0.3 is 4.74 Å². The third-order valence-corrected chi connectivity index (χ3v) is 1.65. The first-order valence-corrected chi connectivity index (χ1v) is 4.21. The molecular weight excluding hydrogens is 140 g/mol. The normalized spacial score (nSPS) is 11.6. The Labute approximate surface area is 68.9 Å². The number of carbonyl (C=O) groups excluding carboxylic acids is 1. The van der Waals surface area contributed by atoms with Crippen LogP contribution in [-0.2, 0) is 9.53 Å². The van der Waals surface area contributed by atoms with Crippen molar-refractivity contribution in [1.82, 2.24) is 0 Å². The van der Waals surface area contributed by atoms with E-state index in [1.165, 1.54) is 0 Å². The van der Waals surface area contributed by atoms with Crippen LogP contribution in [0.1, 0.15) is 40.5 Å². The molecule has 0 rings (SSSR count). The molecule has 0 unspecified atom stereocenters. The molecule has 0 aromatic carbocycles. The van der Waals surface area contributed by atoms with Gasteiger partial charge in [0.05, 0.1) is 0 Å². The summed E-state index contributed by atoms with van der Waals surface area (Å²) in [6, 6.07) is 0. The molecule has 0 fully saturated rings. The smallest absolute Gasteiger partial charge is 0.164 e. The Hall–Kier alpha value is -0.370. The van der Waals surface area contributed by atoms with E-state index >= 15 is 0 Å². The van der Waals surface area contributed by atoms with Crippen LogP contribution in [-0.4, -0.2) is 18.0 Å². The zero-order chi connectivity index (χ0) is 8.91. The third-order valence-electron chi connectivity index (χ3n) is 1.65. The Bertz CT molecular complexity index is 128. The fourth-order valence-electron chi connectivity index (χ4n) is 0.969. The van der Waals surface area contributed by atoms with Gasteiger partial charge in [0.2, 0.25) is 0 Å². The largest absolute Gasteiger partial charge is 0.368 e. The van der Waals surface area contributed by atoms with Crippen molar-refractivity contribution in [3.05, 3.63) is 0 Å². The zero-order valence-electron chi connectivity index (χ0n) is 7.94.